The van der Waals surface area contributed by atoms with Crippen molar-refractivity contribution < 1.29 is 4.79 Å². The van der Waals surface area contributed by atoms with Crippen LogP contribution in [-0.2, 0) is 11.3 Å². The molecule has 7 heteroatoms. The second-order valence-corrected chi connectivity index (χ2v) is 8.67. The van der Waals surface area contributed by atoms with E-state index in [2.05, 4.69) is 54.8 Å². The lowest BCUT2D eigenvalue weighted by atomic mass is 10.2. The molecule has 3 aromatic rings. The van der Waals surface area contributed by atoms with Gasteiger partial charge in [0.15, 0.2) is 0 Å². The summed E-state index contributed by atoms with van der Waals surface area (Å²) in [6.45, 7) is 12.2. The van der Waals surface area contributed by atoms with Gasteiger partial charge in [-0.25, -0.2) is 4.98 Å². The van der Waals surface area contributed by atoms with E-state index < -0.39 is 0 Å². The van der Waals surface area contributed by atoms with Crippen molar-refractivity contribution in [1.29, 1.82) is 0 Å². The van der Waals surface area contributed by atoms with E-state index in [0.29, 0.717) is 29.3 Å². The summed E-state index contributed by atoms with van der Waals surface area (Å²) in [5.74, 6) is 0.465. The molecule has 1 heterocycles. The Morgan fingerprint density at radius 3 is 2.39 bits per heavy atom. The van der Waals surface area contributed by atoms with Crippen molar-refractivity contribution >= 4 is 28.2 Å². The van der Waals surface area contributed by atoms with Gasteiger partial charge in [0.25, 0.3) is 5.56 Å². The molecule has 0 fully saturated rings. The quantitative estimate of drug-likeness (QED) is 0.480. The first-order chi connectivity index (χ1) is 15.8. The number of benzene rings is 2. The molecule has 1 amide bonds. The molecule has 0 aliphatic rings. The maximum atomic E-state index is 12.8. The Bertz CT molecular complexity index is 1120. The fourth-order valence-corrected chi connectivity index (χ4v) is 3.99. The normalized spacial score (nSPS) is 12.3. The maximum Gasteiger partial charge on any atom is 0.258 e. The van der Waals surface area contributed by atoms with Crippen molar-refractivity contribution in [2.45, 2.75) is 59.7 Å². The first kappa shape index (κ1) is 24.5. The van der Waals surface area contributed by atoms with Crippen LogP contribution >= 0.6 is 0 Å². The number of hydrogen-bond donors (Lipinski definition) is 2. The zero-order chi connectivity index (χ0) is 24.0. The SMILES string of the molecule is CCC(C)N(CC(=O)Nc1ccc(N(CC)C(C)C)cc1)Cc1nc2ccccc2c(=O)[nH]1. The van der Waals surface area contributed by atoms with Crippen LogP contribution in [0.3, 0.4) is 0 Å². The number of carbonyl (C=O) groups excluding carboxylic acids is 1. The average molecular weight is 450 g/mol. The predicted octanol–water partition coefficient (Wildman–Crippen LogP) is 4.40. The number of carbonyl (C=O) groups is 1. The van der Waals surface area contributed by atoms with Gasteiger partial charge in [0.05, 0.1) is 24.0 Å². The van der Waals surface area contributed by atoms with E-state index in [1.54, 1.807) is 6.07 Å². The molecule has 2 N–H and O–H groups in total. The number of nitrogens with one attached hydrogen (secondary N) is 2. The largest absolute Gasteiger partial charge is 0.369 e. The van der Waals surface area contributed by atoms with Gasteiger partial charge in [-0.15, -0.1) is 0 Å². The fourth-order valence-electron chi connectivity index (χ4n) is 3.99. The number of H-pyrrole nitrogens is 1. The minimum absolute atomic E-state index is 0.0950. The number of aromatic amines is 1. The zero-order valence-corrected chi connectivity index (χ0v) is 20.3. The summed E-state index contributed by atoms with van der Waals surface area (Å²) in [6.07, 6.45) is 0.877. The molecule has 0 spiro atoms. The smallest absolute Gasteiger partial charge is 0.258 e. The summed E-state index contributed by atoms with van der Waals surface area (Å²) < 4.78 is 0. The standard InChI is InChI=1S/C26H35N5O2/c1-6-19(5)30(16-24-28-23-11-9-8-10-22(23)26(33)29-24)17-25(32)27-20-12-14-21(15-13-20)31(7-2)18(3)4/h8-15,18-19H,6-7,16-17H2,1-5H3,(H,27,32)(H,28,29,33). The van der Waals surface area contributed by atoms with Gasteiger partial charge in [0, 0.05) is 30.0 Å². The fraction of sp³-hybridized carbons (Fsp3) is 0.423. The van der Waals surface area contributed by atoms with Crippen LogP contribution < -0.4 is 15.8 Å². The molecule has 0 aliphatic carbocycles. The van der Waals surface area contributed by atoms with Crippen LogP contribution in [0.25, 0.3) is 10.9 Å². The monoisotopic (exact) mass is 449 g/mol. The summed E-state index contributed by atoms with van der Waals surface area (Å²) in [4.78, 5) is 37.1. The summed E-state index contributed by atoms with van der Waals surface area (Å²) in [6, 6.07) is 15.8. The Balaban J connectivity index is 1.70. The lowest BCUT2D eigenvalue weighted by molar-refractivity contribution is -0.118. The van der Waals surface area contributed by atoms with E-state index in [9.17, 15) is 9.59 Å². The lowest BCUT2D eigenvalue weighted by Crippen LogP contribution is -2.39. The highest BCUT2D eigenvalue weighted by molar-refractivity contribution is 5.92. The van der Waals surface area contributed by atoms with Crippen LogP contribution in [0, 0.1) is 0 Å². The summed E-state index contributed by atoms with van der Waals surface area (Å²) >= 11 is 0. The average Bonchev–Trinajstić information content (AvgIpc) is 2.79. The third kappa shape index (κ3) is 6.20. The molecule has 0 bridgehead atoms. The van der Waals surface area contributed by atoms with Crippen molar-refractivity contribution in [1.82, 2.24) is 14.9 Å². The first-order valence-corrected chi connectivity index (χ1v) is 11.7. The van der Waals surface area contributed by atoms with Gasteiger partial charge < -0.3 is 15.2 Å². The van der Waals surface area contributed by atoms with Crippen molar-refractivity contribution in [2.24, 2.45) is 0 Å². The number of amides is 1. The van der Waals surface area contributed by atoms with Crippen LogP contribution in [0.2, 0.25) is 0 Å². The summed E-state index contributed by atoms with van der Waals surface area (Å²) in [5.41, 5.74) is 2.40. The van der Waals surface area contributed by atoms with E-state index >= 15 is 0 Å². The van der Waals surface area contributed by atoms with E-state index in [-0.39, 0.29) is 24.1 Å². The zero-order valence-electron chi connectivity index (χ0n) is 20.3. The topological polar surface area (TPSA) is 81.3 Å². The van der Waals surface area contributed by atoms with E-state index in [0.717, 1.165) is 24.3 Å². The van der Waals surface area contributed by atoms with Gasteiger partial charge in [-0.05, 0) is 70.5 Å². The Hall–Kier alpha value is -3.19. The van der Waals surface area contributed by atoms with Gasteiger partial charge in [-0.3, -0.25) is 14.5 Å². The Morgan fingerprint density at radius 2 is 1.76 bits per heavy atom. The van der Waals surface area contributed by atoms with Crippen molar-refractivity contribution in [3.8, 4) is 0 Å². The highest BCUT2D eigenvalue weighted by Gasteiger charge is 2.18. The first-order valence-electron chi connectivity index (χ1n) is 11.7. The minimum Gasteiger partial charge on any atom is -0.369 e. The van der Waals surface area contributed by atoms with Gasteiger partial charge in [0.2, 0.25) is 5.91 Å². The van der Waals surface area contributed by atoms with Crippen LogP contribution in [0.1, 0.15) is 46.9 Å². The number of fused-ring (bicyclic) bond motifs is 1. The number of nitrogens with zero attached hydrogens (tertiary/aromatic N) is 3. The highest BCUT2D eigenvalue weighted by Crippen LogP contribution is 2.20. The second-order valence-electron chi connectivity index (χ2n) is 8.67. The number of anilines is 2. The number of para-hydroxylation sites is 1. The van der Waals surface area contributed by atoms with Crippen molar-refractivity contribution in [2.75, 3.05) is 23.3 Å². The number of aromatic nitrogens is 2. The third-order valence-corrected chi connectivity index (χ3v) is 6.02. The molecule has 1 aromatic heterocycles. The third-order valence-electron chi connectivity index (χ3n) is 6.02. The molecule has 0 saturated heterocycles. The second kappa shape index (κ2) is 11.1. The van der Waals surface area contributed by atoms with Gasteiger partial charge >= 0.3 is 0 Å². The molecule has 1 atom stereocenters. The van der Waals surface area contributed by atoms with Crippen molar-refractivity contribution in [3.05, 3.63) is 64.7 Å². The van der Waals surface area contributed by atoms with Crippen LogP contribution in [0.5, 0.6) is 0 Å². The molecule has 176 valence electrons. The molecular formula is C26H35N5O2. The van der Waals surface area contributed by atoms with Gasteiger partial charge in [-0.1, -0.05) is 19.1 Å². The Morgan fingerprint density at radius 1 is 1.06 bits per heavy atom. The molecule has 0 saturated carbocycles. The molecule has 1 unspecified atom stereocenters. The van der Waals surface area contributed by atoms with E-state index in [4.69, 9.17) is 0 Å². The highest BCUT2D eigenvalue weighted by atomic mass is 16.2. The van der Waals surface area contributed by atoms with Crippen LogP contribution in [-0.4, -0.2) is 45.9 Å². The lowest BCUT2D eigenvalue weighted by Gasteiger charge is -2.28. The molecule has 0 radical (unpaired) electrons. The van der Waals surface area contributed by atoms with E-state index in [1.165, 1.54) is 0 Å². The van der Waals surface area contributed by atoms with Crippen LogP contribution in [0.4, 0.5) is 11.4 Å². The molecular weight excluding hydrogens is 414 g/mol. The maximum absolute atomic E-state index is 12.8. The van der Waals surface area contributed by atoms with Crippen LogP contribution in [0.15, 0.2) is 53.3 Å². The predicted molar refractivity (Wildman–Crippen MR) is 136 cm³/mol. The Labute approximate surface area is 195 Å². The van der Waals surface area contributed by atoms with E-state index in [1.807, 2.05) is 47.4 Å². The molecule has 2 aromatic carbocycles. The van der Waals surface area contributed by atoms with Gasteiger partial charge in [-0.2, -0.15) is 0 Å². The van der Waals surface area contributed by atoms with Gasteiger partial charge in [0.1, 0.15) is 5.82 Å². The molecule has 33 heavy (non-hydrogen) atoms. The molecule has 3 rings (SSSR count). The number of rotatable bonds is 10. The molecule has 7 nitrogen and oxygen atoms in total. The summed E-state index contributed by atoms with van der Waals surface area (Å²) in [5, 5.41) is 3.57. The minimum atomic E-state index is -0.160. The Kier molecular flexibility index (Phi) is 8.22. The number of hydrogen-bond acceptors (Lipinski definition) is 5. The van der Waals surface area contributed by atoms with Crippen molar-refractivity contribution in [3.63, 3.8) is 0 Å². The molecule has 0 aliphatic heterocycles. The summed E-state index contributed by atoms with van der Waals surface area (Å²) in [7, 11) is 0.